The number of hydrogen-bond acceptors (Lipinski definition) is 6. The first-order chi connectivity index (χ1) is 19.1. The van der Waals surface area contributed by atoms with Crippen LogP contribution in [0.3, 0.4) is 0 Å². The molecule has 4 rings (SSSR count). The first kappa shape index (κ1) is 29.7. The summed E-state index contributed by atoms with van der Waals surface area (Å²) in [5.41, 5.74) is 2.36. The molecule has 1 N–H and O–H groups in total. The number of esters is 1. The van der Waals surface area contributed by atoms with Gasteiger partial charge in [0.1, 0.15) is 6.61 Å². The lowest BCUT2D eigenvalue weighted by atomic mass is 9.83. The summed E-state index contributed by atoms with van der Waals surface area (Å²) in [7, 11) is 0. The molecule has 1 aliphatic heterocycles. The number of aliphatic hydroxyl groups is 1. The number of nitrogens with zero attached hydrogens (tertiary/aromatic N) is 3. The van der Waals surface area contributed by atoms with E-state index in [2.05, 4.69) is 14.8 Å². The van der Waals surface area contributed by atoms with Gasteiger partial charge in [0, 0.05) is 51.2 Å². The Hall–Kier alpha value is -3.27. The number of ether oxygens (including phenoxy) is 1. The molecule has 1 aliphatic rings. The maximum Gasteiger partial charge on any atom is 0.397 e. The summed E-state index contributed by atoms with van der Waals surface area (Å²) in [6.45, 7) is 5.93. The van der Waals surface area contributed by atoms with Crippen LogP contribution in [0, 0.1) is 0 Å². The van der Waals surface area contributed by atoms with Gasteiger partial charge in [0.2, 0.25) is 0 Å². The monoisotopic (exact) mass is 555 g/mol. The van der Waals surface area contributed by atoms with Crippen LogP contribution in [0.15, 0.2) is 73.1 Å². The maximum absolute atomic E-state index is 13.4. The van der Waals surface area contributed by atoms with Gasteiger partial charge in [-0.25, -0.2) is 0 Å². The van der Waals surface area contributed by atoms with Gasteiger partial charge in [-0.05, 0) is 53.8 Å². The molecule has 214 valence electrons. The Balaban J connectivity index is 1.40. The summed E-state index contributed by atoms with van der Waals surface area (Å²) in [4.78, 5) is 21.1. The fraction of sp³-hybridized carbons (Fsp3) is 0.419. The van der Waals surface area contributed by atoms with Crippen LogP contribution >= 0.6 is 0 Å². The third-order valence-corrected chi connectivity index (χ3v) is 7.59. The van der Waals surface area contributed by atoms with E-state index < -0.39 is 11.6 Å². The number of pyridine rings is 1. The van der Waals surface area contributed by atoms with Crippen LogP contribution in [0.1, 0.15) is 37.0 Å². The molecule has 3 aromatic rings. The molecule has 6 nitrogen and oxygen atoms in total. The number of aliphatic hydroxyl groups excluding tert-OH is 1. The highest BCUT2D eigenvalue weighted by atomic mass is 19.4. The van der Waals surface area contributed by atoms with Crippen LogP contribution < -0.4 is 0 Å². The Morgan fingerprint density at radius 2 is 1.52 bits per heavy atom. The molecular formula is C31H36F3N3O3. The van der Waals surface area contributed by atoms with Crippen LogP contribution in [0.4, 0.5) is 13.2 Å². The Bertz CT molecular complexity index is 1230. The van der Waals surface area contributed by atoms with E-state index in [-0.39, 0.29) is 37.2 Å². The van der Waals surface area contributed by atoms with Crippen molar-refractivity contribution < 1.29 is 27.8 Å². The maximum atomic E-state index is 13.4. The van der Waals surface area contributed by atoms with Crippen LogP contribution in [0.5, 0.6) is 0 Å². The van der Waals surface area contributed by atoms with E-state index in [1.807, 2.05) is 36.4 Å². The first-order valence-electron chi connectivity index (χ1n) is 13.4. The van der Waals surface area contributed by atoms with Gasteiger partial charge in [-0.3, -0.25) is 19.6 Å². The summed E-state index contributed by atoms with van der Waals surface area (Å²) in [5.74, 6) is -0.324. The number of carbonyl (C=O) groups is 1. The largest absolute Gasteiger partial charge is 0.463 e. The molecule has 1 saturated heterocycles. The summed E-state index contributed by atoms with van der Waals surface area (Å²) >= 11 is 0. The lowest BCUT2D eigenvalue weighted by Crippen LogP contribution is -2.53. The molecule has 9 heteroatoms. The summed E-state index contributed by atoms with van der Waals surface area (Å²) in [6, 6.07) is 18.5. The van der Waals surface area contributed by atoms with E-state index in [4.69, 9.17) is 9.84 Å². The Morgan fingerprint density at radius 3 is 2.12 bits per heavy atom. The lowest BCUT2D eigenvalue weighted by Gasteiger charge is -2.41. The number of alkyl halides is 3. The highest BCUT2D eigenvalue weighted by Crippen LogP contribution is 2.40. The molecule has 40 heavy (non-hydrogen) atoms. The van der Waals surface area contributed by atoms with E-state index in [0.717, 1.165) is 35.3 Å². The van der Waals surface area contributed by atoms with Crippen LogP contribution in [0.2, 0.25) is 0 Å². The van der Waals surface area contributed by atoms with Gasteiger partial charge in [-0.1, -0.05) is 48.5 Å². The second kappa shape index (κ2) is 12.9. The number of aromatic nitrogens is 1. The van der Waals surface area contributed by atoms with Crippen molar-refractivity contribution in [3.8, 4) is 11.1 Å². The van der Waals surface area contributed by atoms with Gasteiger partial charge in [0.05, 0.1) is 18.4 Å². The zero-order valence-electron chi connectivity index (χ0n) is 22.9. The van der Waals surface area contributed by atoms with Gasteiger partial charge in [0.15, 0.2) is 0 Å². The minimum absolute atomic E-state index is 0.00517. The predicted molar refractivity (Wildman–Crippen MR) is 147 cm³/mol. The van der Waals surface area contributed by atoms with Crippen molar-refractivity contribution >= 4 is 5.97 Å². The van der Waals surface area contributed by atoms with Crippen molar-refractivity contribution in [2.24, 2.45) is 0 Å². The van der Waals surface area contributed by atoms with Crippen LogP contribution in [0.25, 0.3) is 11.1 Å². The van der Waals surface area contributed by atoms with Gasteiger partial charge >= 0.3 is 12.1 Å². The van der Waals surface area contributed by atoms with E-state index in [1.54, 1.807) is 36.7 Å². The molecular weight excluding hydrogens is 519 g/mol. The van der Waals surface area contributed by atoms with Crippen LogP contribution in [-0.2, 0) is 28.0 Å². The van der Waals surface area contributed by atoms with Gasteiger partial charge < -0.3 is 9.84 Å². The predicted octanol–water partition coefficient (Wildman–Crippen LogP) is 5.20. The fourth-order valence-electron chi connectivity index (χ4n) is 4.94. The molecule has 0 amide bonds. The smallest absolute Gasteiger partial charge is 0.397 e. The van der Waals surface area contributed by atoms with Gasteiger partial charge in [-0.15, -0.1) is 0 Å². The fourth-order valence-corrected chi connectivity index (χ4v) is 4.94. The summed E-state index contributed by atoms with van der Waals surface area (Å²) in [6.07, 6.45) is -0.560. The average Bonchev–Trinajstić information content (AvgIpc) is 2.94. The standard InChI is InChI=1S/C31H36F3N3O3/c1-30(2,31(32,33)34)27-9-7-26(8-10-27)25-5-3-23(4-6-25)20-36-15-16-37(21-24-11-13-35-14-12-24)28(22-36)19-29(39)40-18-17-38/h3-14,28,38H,15-22H2,1-2H3/t28-/m1/s1. The Labute approximate surface area is 233 Å². The number of halogens is 3. The van der Waals surface area contributed by atoms with Gasteiger partial charge in [0.25, 0.3) is 0 Å². The minimum atomic E-state index is -4.32. The lowest BCUT2D eigenvalue weighted by molar-refractivity contribution is -0.180. The summed E-state index contributed by atoms with van der Waals surface area (Å²) in [5, 5.41) is 9.00. The van der Waals surface area contributed by atoms with E-state index >= 15 is 0 Å². The molecule has 2 heterocycles. The molecule has 0 aliphatic carbocycles. The molecule has 0 radical (unpaired) electrons. The molecule has 2 aromatic carbocycles. The Morgan fingerprint density at radius 1 is 0.925 bits per heavy atom. The quantitative estimate of drug-likeness (QED) is 0.347. The summed E-state index contributed by atoms with van der Waals surface area (Å²) < 4.78 is 45.3. The van der Waals surface area contributed by atoms with E-state index in [9.17, 15) is 18.0 Å². The van der Waals surface area contributed by atoms with E-state index in [0.29, 0.717) is 19.6 Å². The molecule has 0 spiro atoms. The molecule has 0 unspecified atom stereocenters. The Kier molecular flexibility index (Phi) is 9.60. The number of carbonyl (C=O) groups excluding carboxylic acids is 1. The topological polar surface area (TPSA) is 65.9 Å². The SMILES string of the molecule is CC(C)(c1ccc(-c2ccc(CN3CCN(Cc4ccncc4)[C@H](CC(=O)OCCO)C3)cc2)cc1)C(F)(F)F. The third kappa shape index (κ3) is 7.47. The number of rotatable bonds is 10. The van der Waals surface area contributed by atoms with Crippen molar-refractivity contribution in [2.45, 2.75) is 51.0 Å². The van der Waals surface area contributed by atoms with Crippen LogP contribution in [-0.4, -0.2) is 70.9 Å². The average molecular weight is 556 g/mol. The zero-order valence-corrected chi connectivity index (χ0v) is 22.9. The van der Waals surface area contributed by atoms with Crippen molar-refractivity contribution in [1.82, 2.24) is 14.8 Å². The molecule has 1 aromatic heterocycles. The number of piperazine rings is 1. The zero-order chi connectivity index (χ0) is 28.8. The third-order valence-electron chi connectivity index (χ3n) is 7.59. The van der Waals surface area contributed by atoms with Crippen molar-refractivity contribution in [3.63, 3.8) is 0 Å². The minimum Gasteiger partial charge on any atom is -0.463 e. The molecule has 0 bridgehead atoms. The van der Waals surface area contributed by atoms with Crippen molar-refractivity contribution in [1.29, 1.82) is 0 Å². The normalized spacial score (nSPS) is 17.1. The second-order valence-electron chi connectivity index (χ2n) is 10.8. The number of benzene rings is 2. The van der Waals surface area contributed by atoms with E-state index in [1.165, 1.54) is 13.8 Å². The van der Waals surface area contributed by atoms with Gasteiger partial charge in [-0.2, -0.15) is 13.2 Å². The first-order valence-corrected chi connectivity index (χ1v) is 13.4. The van der Waals surface area contributed by atoms with Crippen molar-refractivity contribution in [2.75, 3.05) is 32.8 Å². The number of hydrogen-bond donors (Lipinski definition) is 1. The molecule has 0 saturated carbocycles. The highest BCUT2D eigenvalue weighted by molar-refractivity contribution is 5.70. The molecule has 1 atom stereocenters. The second-order valence-corrected chi connectivity index (χ2v) is 10.8. The van der Waals surface area contributed by atoms with Crippen molar-refractivity contribution in [3.05, 3.63) is 89.7 Å². The molecule has 1 fully saturated rings. The highest BCUT2D eigenvalue weighted by Gasteiger charge is 2.48.